The Bertz CT molecular complexity index is 1670. The summed E-state index contributed by atoms with van der Waals surface area (Å²) in [5.74, 6) is 0.521. The molecule has 45 heavy (non-hydrogen) atoms. The van der Waals surface area contributed by atoms with E-state index in [0.717, 1.165) is 60.5 Å². The smallest absolute Gasteiger partial charge is 0.416 e. The van der Waals surface area contributed by atoms with Gasteiger partial charge in [-0.3, -0.25) is 4.90 Å². The minimum Gasteiger partial charge on any atom is -0.490 e. The number of hydrogen-bond donors (Lipinski definition) is 3. The number of carbonyl (C=O) groups is 1. The fourth-order valence-electron chi connectivity index (χ4n) is 5.19. The standard InChI is InChI=1S/C32H39F3N8O2/c1-31(2,3)26-19-23(27-28(36)40-42(5)29(27)39-26)20-6-9-22(10-7-20)37-30(44)38-24-18-21(32(33,34)35)8-11-25(24)45-17-16-43-14-12-41(4)13-15-43/h6-11,18-19H,12-17H2,1-5H3,(H2,36,40)(H2,37,38,44). The van der Waals surface area contributed by atoms with Crippen LogP contribution in [-0.2, 0) is 18.6 Å². The SMILES string of the molecule is CN1CCN(CCOc2ccc(C(F)(F)F)cc2NC(=O)Nc2ccc(-c3cc(C(C)(C)C)nc4c3c(N)nn4C)cc2)CC1. The van der Waals surface area contributed by atoms with Gasteiger partial charge < -0.3 is 26.0 Å². The summed E-state index contributed by atoms with van der Waals surface area (Å²) in [6, 6.07) is 11.5. The molecule has 0 unspecified atom stereocenters. The van der Waals surface area contributed by atoms with E-state index in [4.69, 9.17) is 15.5 Å². The molecule has 0 spiro atoms. The summed E-state index contributed by atoms with van der Waals surface area (Å²) in [5.41, 5.74) is 8.74. The molecule has 1 fully saturated rings. The van der Waals surface area contributed by atoms with Crippen LogP contribution in [0.1, 0.15) is 32.0 Å². The van der Waals surface area contributed by atoms with Crippen molar-refractivity contribution in [2.75, 3.05) is 62.7 Å². The largest absolute Gasteiger partial charge is 0.490 e. The van der Waals surface area contributed by atoms with E-state index >= 15 is 0 Å². The Balaban J connectivity index is 1.32. The van der Waals surface area contributed by atoms with Gasteiger partial charge in [0.15, 0.2) is 11.5 Å². The quantitative estimate of drug-likeness (QED) is 0.238. The Hall–Kier alpha value is -4.36. The fourth-order valence-corrected chi connectivity index (χ4v) is 5.19. The number of hydrogen-bond acceptors (Lipinski definition) is 7. The molecule has 240 valence electrons. The van der Waals surface area contributed by atoms with Crippen molar-refractivity contribution in [3.63, 3.8) is 0 Å². The van der Waals surface area contributed by atoms with Gasteiger partial charge in [0.2, 0.25) is 0 Å². The second-order valence-electron chi connectivity index (χ2n) is 12.4. The Morgan fingerprint density at radius 1 is 0.978 bits per heavy atom. The lowest BCUT2D eigenvalue weighted by Gasteiger charge is -2.32. The number of nitrogens with one attached hydrogen (secondary N) is 2. The molecule has 2 aromatic heterocycles. The minimum atomic E-state index is -4.58. The lowest BCUT2D eigenvalue weighted by atomic mass is 9.89. The van der Waals surface area contributed by atoms with E-state index in [2.05, 4.69) is 53.4 Å². The molecule has 0 aliphatic carbocycles. The number of urea groups is 1. The van der Waals surface area contributed by atoms with Crippen LogP contribution in [0.5, 0.6) is 5.75 Å². The Morgan fingerprint density at radius 2 is 1.67 bits per heavy atom. The number of benzene rings is 2. The fraction of sp³-hybridized carbons (Fsp3) is 0.406. The van der Waals surface area contributed by atoms with Gasteiger partial charge in [-0.05, 0) is 54.6 Å². The molecule has 13 heteroatoms. The van der Waals surface area contributed by atoms with Gasteiger partial charge >= 0.3 is 12.2 Å². The second kappa shape index (κ2) is 12.6. The molecule has 5 rings (SSSR count). The zero-order chi connectivity index (χ0) is 32.5. The van der Waals surface area contributed by atoms with Crippen LogP contribution in [0.4, 0.5) is 35.2 Å². The first-order valence-electron chi connectivity index (χ1n) is 14.8. The molecule has 0 bridgehead atoms. The summed E-state index contributed by atoms with van der Waals surface area (Å²) in [4.78, 5) is 22.2. The lowest BCUT2D eigenvalue weighted by molar-refractivity contribution is -0.137. The van der Waals surface area contributed by atoms with Crippen molar-refractivity contribution >= 4 is 34.3 Å². The van der Waals surface area contributed by atoms with E-state index in [-0.39, 0.29) is 23.5 Å². The average Bonchev–Trinajstić information content (AvgIpc) is 3.26. The van der Waals surface area contributed by atoms with Crippen LogP contribution in [0.2, 0.25) is 0 Å². The van der Waals surface area contributed by atoms with Gasteiger partial charge in [-0.2, -0.15) is 18.3 Å². The number of nitrogens with zero attached hydrogens (tertiary/aromatic N) is 5. The number of anilines is 3. The Labute approximate surface area is 260 Å². The third-order valence-corrected chi connectivity index (χ3v) is 7.86. The number of pyridine rings is 1. The van der Waals surface area contributed by atoms with Gasteiger partial charge in [-0.15, -0.1) is 0 Å². The molecule has 0 saturated carbocycles. The van der Waals surface area contributed by atoms with Crippen LogP contribution >= 0.6 is 0 Å². The summed E-state index contributed by atoms with van der Waals surface area (Å²) in [6.07, 6.45) is -4.58. The minimum absolute atomic E-state index is 0.0711. The van der Waals surface area contributed by atoms with E-state index in [1.165, 1.54) is 6.07 Å². The number of aromatic nitrogens is 3. The number of alkyl halides is 3. The van der Waals surface area contributed by atoms with Crippen LogP contribution in [-0.4, -0.2) is 77.0 Å². The van der Waals surface area contributed by atoms with Crippen molar-refractivity contribution in [3.05, 3.63) is 59.8 Å². The average molecular weight is 625 g/mol. The Kier molecular flexibility index (Phi) is 8.95. The highest BCUT2D eigenvalue weighted by Gasteiger charge is 2.31. The summed E-state index contributed by atoms with van der Waals surface area (Å²) < 4.78 is 48.0. The maximum absolute atomic E-state index is 13.5. The maximum Gasteiger partial charge on any atom is 0.416 e. The molecule has 2 aromatic carbocycles. The third kappa shape index (κ3) is 7.48. The first-order chi connectivity index (χ1) is 21.2. The highest BCUT2D eigenvalue weighted by Crippen LogP contribution is 2.37. The monoisotopic (exact) mass is 624 g/mol. The molecule has 2 amide bonds. The van der Waals surface area contributed by atoms with Gasteiger partial charge in [0, 0.05) is 56.6 Å². The zero-order valence-corrected chi connectivity index (χ0v) is 26.1. The molecule has 1 aliphatic heterocycles. The summed E-state index contributed by atoms with van der Waals surface area (Å²) in [6.45, 7) is 10.8. The first-order valence-corrected chi connectivity index (χ1v) is 14.8. The summed E-state index contributed by atoms with van der Waals surface area (Å²) >= 11 is 0. The molecule has 3 heterocycles. The summed E-state index contributed by atoms with van der Waals surface area (Å²) in [5, 5.41) is 10.3. The normalized spacial score (nSPS) is 14.9. The molecule has 4 N–H and O–H groups in total. The van der Waals surface area contributed by atoms with E-state index in [1.54, 1.807) is 23.9 Å². The van der Waals surface area contributed by atoms with Crippen LogP contribution in [0, 0.1) is 0 Å². The summed E-state index contributed by atoms with van der Waals surface area (Å²) in [7, 11) is 3.86. The number of fused-ring (bicyclic) bond motifs is 1. The van der Waals surface area contributed by atoms with Crippen LogP contribution in [0.3, 0.4) is 0 Å². The number of carbonyl (C=O) groups excluding carboxylic acids is 1. The molecule has 4 aromatic rings. The van der Waals surface area contributed by atoms with E-state index < -0.39 is 17.8 Å². The van der Waals surface area contributed by atoms with Crippen molar-refractivity contribution < 1.29 is 22.7 Å². The molecule has 1 aliphatic rings. The van der Waals surface area contributed by atoms with Crippen molar-refractivity contribution in [1.29, 1.82) is 0 Å². The van der Waals surface area contributed by atoms with Gasteiger partial charge in [0.25, 0.3) is 0 Å². The Morgan fingerprint density at radius 3 is 2.31 bits per heavy atom. The molecule has 0 radical (unpaired) electrons. The number of amides is 2. The number of halogens is 3. The van der Waals surface area contributed by atoms with Crippen molar-refractivity contribution in [2.45, 2.75) is 32.4 Å². The number of ether oxygens (including phenoxy) is 1. The van der Waals surface area contributed by atoms with Crippen molar-refractivity contribution in [1.82, 2.24) is 24.6 Å². The number of nitrogens with two attached hydrogens (primary N) is 1. The molecule has 0 atom stereocenters. The van der Waals surface area contributed by atoms with Gasteiger partial charge in [0.05, 0.1) is 16.6 Å². The molecular formula is C32H39F3N8O2. The van der Waals surface area contributed by atoms with Gasteiger partial charge in [-0.1, -0.05) is 32.9 Å². The highest BCUT2D eigenvalue weighted by atomic mass is 19.4. The number of aryl methyl sites for hydroxylation is 1. The van der Waals surface area contributed by atoms with E-state index in [1.807, 2.05) is 18.2 Å². The predicted molar refractivity (Wildman–Crippen MR) is 171 cm³/mol. The van der Waals surface area contributed by atoms with Crippen LogP contribution in [0.15, 0.2) is 48.5 Å². The molecule has 1 saturated heterocycles. The number of rotatable bonds is 7. The zero-order valence-electron chi connectivity index (χ0n) is 26.1. The second-order valence-corrected chi connectivity index (χ2v) is 12.4. The van der Waals surface area contributed by atoms with E-state index in [9.17, 15) is 18.0 Å². The maximum atomic E-state index is 13.5. The molecular weight excluding hydrogens is 585 g/mol. The van der Waals surface area contributed by atoms with Gasteiger partial charge in [0.1, 0.15) is 12.4 Å². The van der Waals surface area contributed by atoms with Crippen molar-refractivity contribution in [3.8, 4) is 16.9 Å². The topological polar surface area (TPSA) is 114 Å². The van der Waals surface area contributed by atoms with Gasteiger partial charge in [-0.25, -0.2) is 14.5 Å². The number of nitrogen functional groups attached to an aromatic ring is 1. The number of piperazine rings is 1. The van der Waals surface area contributed by atoms with Crippen molar-refractivity contribution in [2.24, 2.45) is 7.05 Å². The molecule has 10 nitrogen and oxygen atoms in total. The predicted octanol–water partition coefficient (Wildman–Crippen LogP) is 5.80. The van der Waals surface area contributed by atoms with Crippen LogP contribution in [0.25, 0.3) is 22.2 Å². The van der Waals surface area contributed by atoms with Crippen LogP contribution < -0.4 is 21.1 Å². The first kappa shape index (κ1) is 32.0. The highest BCUT2D eigenvalue weighted by molar-refractivity contribution is 6.02. The third-order valence-electron chi connectivity index (χ3n) is 7.86. The van der Waals surface area contributed by atoms with E-state index in [0.29, 0.717) is 23.7 Å². The number of likely N-dealkylation sites (N-methyl/N-ethyl adjacent to an activating group) is 1. The lowest BCUT2D eigenvalue weighted by Crippen LogP contribution is -2.45.